The molecule has 1 aliphatic heterocycles. The molecule has 1 N–H and O–H groups in total. The Morgan fingerprint density at radius 2 is 1.79 bits per heavy atom. The van der Waals surface area contributed by atoms with Crippen LogP contribution in [0.3, 0.4) is 0 Å². The second-order valence-electron chi connectivity index (χ2n) is 6.92. The number of amides is 1. The summed E-state index contributed by atoms with van der Waals surface area (Å²) in [7, 11) is -3.87. The fraction of sp³-hybridized carbons (Fsp3) is 0.350. The van der Waals surface area contributed by atoms with E-state index in [1.807, 2.05) is 44.2 Å². The molecule has 2 aromatic carbocycles. The van der Waals surface area contributed by atoms with Gasteiger partial charge in [0, 0.05) is 25.2 Å². The number of carbonyl (C=O) groups is 1. The zero-order valence-corrected chi connectivity index (χ0v) is 17.3. The lowest BCUT2D eigenvalue weighted by Gasteiger charge is -2.35. The van der Waals surface area contributed by atoms with Crippen molar-refractivity contribution < 1.29 is 17.9 Å². The van der Waals surface area contributed by atoms with Gasteiger partial charge in [0.1, 0.15) is 4.90 Å². The summed E-state index contributed by atoms with van der Waals surface area (Å²) in [6.45, 7) is 4.86. The van der Waals surface area contributed by atoms with Gasteiger partial charge in [-0.25, -0.2) is 13.1 Å². The van der Waals surface area contributed by atoms with Crippen LogP contribution < -0.4 is 4.72 Å². The molecule has 2 atom stereocenters. The lowest BCUT2D eigenvalue weighted by molar-refractivity contribution is -0.0586. The van der Waals surface area contributed by atoms with Crippen molar-refractivity contribution in [1.82, 2.24) is 9.62 Å². The monoisotopic (exact) mass is 422 g/mol. The number of hydrogen-bond acceptors (Lipinski definition) is 4. The molecule has 0 spiro atoms. The highest BCUT2D eigenvalue weighted by atomic mass is 35.5. The van der Waals surface area contributed by atoms with Gasteiger partial charge >= 0.3 is 0 Å². The SMILES string of the molecule is CC1CN(C(=O)c2ccc(Cl)c(S(=O)(=O)NCc3ccccc3)c2)CC(C)O1. The van der Waals surface area contributed by atoms with Crippen molar-refractivity contribution in [2.45, 2.75) is 37.5 Å². The van der Waals surface area contributed by atoms with Gasteiger partial charge in [0.2, 0.25) is 10.0 Å². The Balaban J connectivity index is 1.81. The molecule has 2 unspecified atom stereocenters. The van der Waals surface area contributed by atoms with Crippen LogP contribution in [0.5, 0.6) is 0 Å². The third-order valence-electron chi connectivity index (χ3n) is 4.48. The highest BCUT2D eigenvalue weighted by Crippen LogP contribution is 2.24. The van der Waals surface area contributed by atoms with E-state index in [0.717, 1.165) is 5.56 Å². The molecule has 0 aromatic heterocycles. The van der Waals surface area contributed by atoms with E-state index in [0.29, 0.717) is 13.1 Å². The zero-order chi connectivity index (χ0) is 20.3. The first-order valence-electron chi connectivity index (χ1n) is 9.04. The van der Waals surface area contributed by atoms with Crippen LogP contribution in [-0.2, 0) is 21.3 Å². The summed E-state index contributed by atoms with van der Waals surface area (Å²) in [6, 6.07) is 13.5. The highest BCUT2D eigenvalue weighted by Gasteiger charge is 2.28. The number of sulfonamides is 1. The zero-order valence-electron chi connectivity index (χ0n) is 15.8. The number of ether oxygens (including phenoxy) is 1. The number of rotatable bonds is 5. The minimum absolute atomic E-state index is 0.0702. The second kappa shape index (κ2) is 8.61. The van der Waals surface area contributed by atoms with E-state index in [4.69, 9.17) is 16.3 Å². The fourth-order valence-electron chi connectivity index (χ4n) is 3.22. The van der Waals surface area contributed by atoms with Crippen LogP contribution in [0.4, 0.5) is 0 Å². The standard InChI is InChI=1S/C20H23ClN2O4S/c1-14-12-23(13-15(2)27-14)20(24)17-8-9-18(21)19(10-17)28(25,26)22-11-16-6-4-3-5-7-16/h3-10,14-15,22H,11-13H2,1-2H3. The van der Waals surface area contributed by atoms with Crippen LogP contribution in [0.2, 0.25) is 5.02 Å². The van der Waals surface area contributed by atoms with Crippen molar-refractivity contribution in [2.24, 2.45) is 0 Å². The summed E-state index contributed by atoms with van der Waals surface area (Å²) in [5.41, 5.74) is 1.11. The second-order valence-corrected chi connectivity index (χ2v) is 9.07. The van der Waals surface area contributed by atoms with Gasteiger partial charge in [-0.3, -0.25) is 4.79 Å². The number of benzene rings is 2. The number of nitrogens with zero attached hydrogens (tertiary/aromatic N) is 1. The van der Waals surface area contributed by atoms with Crippen LogP contribution in [-0.4, -0.2) is 44.5 Å². The molecule has 6 nitrogen and oxygen atoms in total. The third-order valence-corrected chi connectivity index (χ3v) is 6.37. The Labute approximate surface area is 170 Å². The van der Waals surface area contributed by atoms with E-state index in [1.165, 1.54) is 12.1 Å². The van der Waals surface area contributed by atoms with E-state index in [9.17, 15) is 13.2 Å². The summed E-state index contributed by atoms with van der Waals surface area (Å²) in [6.07, 6.45) is -0.147. The number of carbonyl (C=O) groups excluding carboxylic acids is 1. The minimum atomic E-state index is -3.87. The molecule has 1 heterocycles. The van der Waals surface area contributed by atoms with E-state index >= 15 is 0 Å². The van der Waals surface area contributed by atoms with Crippen LogP contribution in [0, 0.1) is 0 Å². The molecular weight excluding hydrogens is 400 g/mol. The van der Waals surface area contributed by atoms with E-state index in [1.54, 1.807) is 11.0 Å². The Morgan fingerprint density at radius 3 is 2.43 bits per heavy atom. The number of hydrogen-bond donors (Lipinski definition) is 1. The molecular formula is C20H23ClN2O4S. The molecule has 0 aliphatic carbocycles. The van der Waals surface area contributed by atoms with Gasteiger partial charge in [-0.2, -0.15) is 0 Å². The smallest absolute Gasteiger partial charge is 0.254 e. The van der Waals surface area contributed by atoms with Crippen molar-refractivity contribution in [3.05, 3.63) is 64.7 Å². The molecule has 2 aromatic rings. The van der Waals surface area contributed by atoms with Gasteiger partial charge in [0.15, 0.2) is 0 Å². The van der Waals surface area contributed by atoms with Gasteiger partial charge in [-0.1, -0.05) is 41.9 Å². The first-order chi connectivity index (χ1) is 13.3. The number of nitrogens with one attached hydrogen (secondary N) is 1. The van der Waals surface area contributed by atoms with Crippen molar-refractivity contribution in [3.8, 4) is 0 Å². The molecule has 1 amide bonds. The van der Waals surface area contributed by atoms with Gasteiger partial charge in [-0.15, -0.1) is 0 Å². The summed E-state index contributed by atoms with van der Waals surface area (Å²) >= 11 is 6.14. The molecule has 28 heavy (non-hydrogen) atoms. The lowest BCUT2D eigenvalue weighted by atomic mass is 10.1. The summed E-state index contributed by atoms with van der Waals surface area (Å²) in [5.74, 6) is -0.238. The Bertz CT molecular complexity index is 940. The van der Waals surface area contributed by atoms with E-state index < -0.39 is 10.0 Å². The molecule has 0 bridgehead atoms. The van der Waals surface area contributed by atoms with Gasteiger partial charge in [-0.05, 0) is 37.6 Å². The predicted molar refractivity (Wildman–Crippen MR) is 108 cm³/mol. The maximum atomic E-state index is 12.9. The molecule has 0 saturated carbocycles. The topological polar surface area (TPSA) is 75.7 Å². The predicted octanol–water partition coefficient (Wildman–Crippen LogP) is 3.07. The largest absolute Gasteiger partial charge is 0.372 e. The fourth-order valence-corrected chi connectivity index (χ4v) is 4.76. The van der Waals surface area contributed by atoms with Crippen LogP contribution >= 0.6 is 11.6 Å². The molecule has 0 radical (unpaired) electrons. The number of morpholine rings is 1. The van der Waals surface area contributed by atoms with Gasteiger partial charge in [0.25, 0.3) is 5.91 Å². The van der Waals surface area contributed by atoms with E-state index in [2.05, 4.69) is 4.72 Å². The molecule has 8 heteroatoms. The normalized spacial score (nSPS) is 20.2. The number of halogens is 1. The average molecular weight is 423 g/mol. The maximum Gasteiger partial charge on any atom is 0.254 e. The maximum absolute atomic E-state index is 12.9. The van der Waals surface area contributed by atoms with Crippen molar-refractivity contribution >= 4 is 27.5 Å². The summed E-state index contributed by atoms with van der Waals surface area (Å²) in [5, 5.41) is 0.0702. The molecule has 150 valence electrons. The Morgan fingerprint density at radius 1 is 1.14 bits per heavy atom. The first kappa shape index (κ1) is 20.8. The summed E-state index contributed by atoms with van der Waals surface area (Å²) in [4.78, 5) is 14.4. The summed E-state index contributed by atoms with van der Waals surface area (Å²) < 4.78 is 33.7. The Kier molecular flexibility index (Phi) is 6.40. The van der Waals surface area contributed by atoms with Crippen LogP contribution in [0.25, 0.3) is 0 Å². The lowest BCUT2D eigenvalue weighted by Crippen LogP contribution is -2.48. The first-order valence-corrected chi connectivity index (χ1v) is 10.9. The third kappa shape index (κ3) is 4.91. The Hall–Kier alpha value is -1.93. The average Bonchev–Trinajstić information content (AvgIpc) is 2.66. The van der Waals surface area contributed by atoms with Crippen LogP contribution in [0.15, 0.2) is 53.4 Å². The van der Waals surface area contributed by atoms with E-state index in [-0.39, 0.29) is 40.1 Å². The quantitative estimate of drug-likeness (QED) is 0.803. The van der Waals surface area contributed by atoms with Crippen molar-refractivity contribution in [2.75, 3.05) is 13.1 Å². The molecule has 3 rings (SSSR count). The minimum Gasteiger partial charge on any atom is -0.372 e. The van der Waals surface area contributed by atoms with Gasteiger partial charge < -0.3 is 9.64 Å². The van der Waals surface area contributed by atoms with Crippen molar-refractivity contribution in [1.29, 1.82) is 0 Å². The molecule has 1 aliphatic rings. The highest BCUT2D eigenvalue weighted by molar-refractivity contribution is 7.89. The van der Waals surface area contributed by atoms with Gasteiger partial charge in [0.05, 0.1) is 17.2 Å². The van der Waals surface area contributed by atoms with Crippen molar-refractivity contribution in [3.63, 3.8) is 0 Å². The molecule has 1 saturated heterocycles. The molecule has 1 fully saturated rings. The van der Waals surface area contributed by atoms with Crippen LogP contribution in [0.1, 0.15) is 29.8 Å².